The van der Waals surface area contributed by atoms with E-state index in [9.17, 15) is 36.2 Å². The second-order valence-electron chi connectivity index (χ2n) is 13.8. The van der Waals surface area contributed by atoms with Gasteiger partial charge in [0.1, 0.15) is 55.2 Å². The molecule has 8 rings (SSSR count). The van der Waals surface area contributed by atoms with Crippen molar-refractivity contribution < 1.29 is 45.0 Å². The van der Waals surface area contributed by atoms with Gasteiger partial charge in [-0.25, -0.2) is 0 Å². The lowest BCUT2D eigenvalue weighted by molar-refractivity contribution is 0.149. The first kappa shape index (κ1) is 37.5. The van der Waals surface area contributed by atoms with Gasteiger partial charge in [-0.05, 0) is 37.8 Å². The van der Waals surface area contributed by atoms with E-state index in [0.29, 0.717) is 88.2 Å². The average Bonchev–Trinajstić information content (AvgIpc) is 3.95. The van der Waals surface area contributed by atoms with Gasteiger partial charge in [0, 0.05) is 12.1 Å². The van der Waals surface area contributed by atoms with Crippen LogP contribution in [0.1, 0.15) is 78.0 Å². The third kappa shape index (κ3) is 7.36. The van der Waals surface area contributed by atoms with E-state index in [1.165, 1.54) is 12.1 Å². The topological polar surface area (TPSA) is 211 Å². The number of unbranched alkanes of at least 4 members (excludes halogenated alkanes) is 2. The Bertz CT molecular complexity index is 2710. The van der Waals surface area contributed by atoms with Crippen LogP contribution < -0.4 is 0 Å². The van der Waals surface area contributed by atoms with E-state index in [-0.39, 0.29) is 19.6 Å². The summed E-state index contributed by atoms with van der Waals surface area (Å²) < 4.78 is 82.7. The maximum atomic E-state index is 11.9. The third-order valence-electron chi connectivity index (χ3n) is 9.57. The highest BCUT2D eigenvalue weighted by molar-refractivity contribution is 7.88. The zero-order chi connectivity index (χ0) is 38.8. The predicted molar refractivity (Wildman–Crippen MR) is 208 cm³/mol. The van der Waals surface area contributed by atoms with Gasteiger partial charge < -0.3 is 19.0 Å². The van der Waals surface area contributed by atoms with E-state index in [0.717, 1.165) is 44.9 Å². The Morgan fingerprint density at radius 1 is 0.636 bits per heavy atom. The Morgan fingerprint density at radius 3 is 1.38 bits per heavy atom. The second-order valence-corrected chi connectivity index (χ2v) is 19.2. The summed E-state index contributed by atoms with van der Waals surface area (Å²) in [5.41, 5.74) is 7.07. The largest absolute Gasteiger partial charge is 0.451 e. The summed E-state index contributed by atoms with van der Waals surface area (Å²) in [6.45, 7) is 4.66. The van der Waals surface area contributed by atoms with Gasteiger partial charge in [0.2, 0.25) is 0 Å². The molecule has 2 atom stereocenters. The zero-order valence-corrected chi connectivity index (χ0v) is 32.8. The van der Waals surface area contributed by atoms with Crippen LogP contribution in [0.5, 0.6) is 0 Å². The fourth-order valence-corrected chi connectivity index (χ4v) is 10.3. The van der Waals surface area contributed by atoms with E-state index in [1.54, 1.807) is 9.36 Å². The molecule has 0 saturated carbocycles. The van der Waals surface area contributed by atoms with Crippen molar-refractivity contribution in [3.8, 4) is 0 Å². The first-order valence-corrected chi connectivity index (χ1v) is 21.9. The molecule has 18 heteroatoms. The molecule has 0 fully saturated rings. The Hall–Kier alpha value is -4.40. The molecule has 2 unspecified atom stereocenters. The molecule has 0 amide bonds. The molecule has 14 nitrogen and oxygen atoms in total. The van der Waals surface area contributed by atoms with Crippen LogP contribution in [0.2, 0.25) is 0 Å². The molecule has 0 saturated heterocycles. The number of aryl methyl sites for hydroxylation is 2. The summed E-state index contributed by atoms with van der Waals surface area (Å²) >= 11 is 1.76. The van der Waals surface area contributed by atoms with Gasteiger partial charge in [-0.2, -0.15) is 27.0 Å². The zero-order valence-electron chi connectivity index (χ0n) is 29.5. The van der Waals surface area contributed by atoms with Gasteiger partial charge in [-0.1, -0.05) is 78.9 Å². The molecule has 0 aliphatic heterocycles. The van der Waals surface area contributed by atoms with E-state index in [1.807, 2.05) is 62.4 Å². The monoisotopic (exact) mass is 824 g/mol. The minimum Gasteiger partial charge on any atom is -0.451 e. The highest BCUT2D eigenvalue weighted by Crippen LogP contribution is 2.42. The number of hydrogen-bond acceptors (Lipinski definition) is 12. The molecule has 0 aliphatic carbocycles. The lowest BCUT2D eigenvalue weighted by Crippen LogP contribution is -2.05. The van der Waals surface area contributed by atoms with Crippen LogP contribution in [0.25, 0.3) is 42.8 Å². The van der Waals surface area contributed by atoms with Crippen LogP contribution in [0.3, 0.4) is 0 Å². The molecule has 0 spiro atoms. The summed E-state index contributed by atoms with van der Waals surface area (Å²) in [7, 11) is -8.88. The summed E-state index contributed by atoms with van der Waals surface area (Å²) in [6.07, 6.45) is 0.546. The van der Waals surface area contributed by atoms with Crippen molar-refractivity contribution in [1.82, 2.24) is 19.6 Å². The molecule has 288 valence electrons. The molecular weight excluding hydrogens is 789 g/mol. The van der Waals surface area contributed by atoms with Gasteiger partial charge in [0.05, 0.1) is 13.1 Å². The van der Waals surface area contributed by atoms with E-state index in [4.69, 9.17) is 19.0 Å². The smallest absolute Gasteiger partial charge is 0.304 e. The summed E-state index contributed by atoms with van der Waals surface area (Å²) in [4.78, 5) is 0. The lowest BCUT2D eigenvalue weighted by atomic mass is 10.0. The second kappa shape index (κ2) is 14.3. The van der Waals surface area contributed by atoms with Gasteiger partial charge in [-0.15, -0.1) is 22.7 Å². The highest BCUT2D eigenvalue weighted by Gasteiger charge is 2.29. The number of aliphatic hydroxyl groups is 2. The molecule has 6 aromatic heterocycles. The van der Waals surface area contributed by atoms with Gasteiger partial charge >= 0.3 is 20.2 Å². The fraction of sp³-hybridized carbons (Fsp3) is 0.297. The Kier molecular flexibility index (Phi) is 9.74. The quantitative estimate of drug-likeness (QED) is 0.0608. The van der Waals surface area contributed by atoms with Crippen LogP contribution >= 0.6 is 22.7 Å². The first-order valence-electron chi connectivity index (χ1n) is 17.4. The fourth-order valence-electron chi connectivity index (χ4n) is 6.75. The SMILES string of the molecule is Cc1ccc(Cn2nc(C(O)CCCCCC(O)c3nn(Cc4ccc(C)cc4)c4c3oc3cc(S(=O)(=O)O)sc34)c3oc4cc(S(=O)(=O)O)sc4c32)cc1. The Labute approximate surface area is 322 Å². The molecule has 0 aliphatic rings. The molecule has 4 N–H and O–H groups in total. The van der Waals surface area contributed by atoms with Gasteiger partial charge in [-0.3, -0.25) is 18.5 Å². The number of hydrogen-bond donors (Lipinski definition) is 4. The van der Waals surface area contributed by atoms with Crippen molar-refractivity contribution in [3.05, 3.63) is 94.3 Å². The normalized spacial score (nSPS) is 13.9. The van der Waals surface area contributed by atoms with Gasteiger partial charge in [0.25, 0.3) is 0 Å². The molecule has 0 radical (unpaired) electrons. The number of aliphatic hydroxyl groups excluding tert-OH is 2. The van der Waals surface area contributed by atoms with Crippen LogP contribution in [-0.4, -0.2) is 55.7 Å². The summed E-state index contributed by atoms with van der Waals surface area (Å²) in [5.74, 6) is 0. The van der Waals surface area contributed by atoms with E-state index >= 15 is 0 Å². The summed E-state index contributed by atoms with van der Waals surface area (Å²) in [6, 6.07) is 18.3. The molecule has 6 heterocycles. The lowest BCUT2D eigenvalue weighted by Gasteiger charge is -2.10. The number of thiophene rings is 2. The highest BCUT2D eigenvalue weighted by atomic mass is 32.3. The van der Waals surface area contributed by atoms with Crippen molar-refractivity contribution in [3.63, 3.8) is 0 Å². The Morgan fingerprint density at radius 2 is 1.02 bits per heavy atom. The van der Waals surface area contributed by atoms with Gasteiger partial charge in [0.15, 0.2) is 19.6 Å². The number of nitrogens with zero attached hydrogens (tertiary/aromatic N) is 4. The molecular formula is C37H36N4O10S4. The maximum Gasteiger partial charge on any atom is 0.304 e. The van der Waals surface area contributed by atoms with E-state index < -0.39 is 32.4 Å². The predicted octanol–water partition coefficient (Wildman–Crippen LogP) is 7.93. The minimum absolute atomic E-state index is 0.243. The molecule has 2 aromatic carbocycles. The third-order valence-corrected chi connectivity index (χ3v) is 14.4. The van der Waals surface area contributed by atoms with E-state index in [2.05, 4.69) is 0 Å². The molecule has 55 heavy (non-hydrogen) atoms. The number of furan rings is 2. The standard InChI is InChI=1S/C37H36N4O10S4/c1-20-8-12-22(13-9-20)18-40-32-34(50-26-16-28(52-36(26)32)54(44,45)46)30(38-40)24(42)6-4-3-5-7-25(43)31-35-33(37-27(51-35)17-29(53-37)55(47,48)49)41(39-31)19-23-14-10-21(2)11-15-23/h8-17,24-25,42-43H,3-7,18-19H2,1-2H3,(H,44,45,46)(H,47,48,49). The van der Waals surface area contributed by atoms with Crippen LogP contribution in [-0.2, 0) is 33.3 Å². The number of fused-ring (bicyclic) bond motifs is 6. The minimum atomic E-state index is -4.44. The maximum absolute atomic E-state index is 11.9. The number of aromatic nitrogens is 4. The van der Waals surface area contributed by atoms with Crippen LogP contribution in [0.4, 0.5) is 0 Å². The molecule has 0 bridgehead atoms. The number of rotatable bonds is 14. The summed E-state index contributed by atoms with van der Waals surface area (Å²) in [5, 5.41) is 32.1. The van der Waals surface area contributed by atoms with Crippen LogP contribution in [0, 0.1) is 13.8 Å². The Balaban J connectivity index is 0.981. The van der Waals surface area contributed by atoms with Crippen molar-refractivity contribution in [2.24, 2.45) is 0 Å². The van der Waals surface area contributed by atoms with Crippen molar-refractivity contribution in [2.75, 3.05) is 0 Å². The van der Waals surface area contributed by atoms with Crippen LogP contribution in [0.15, 0.2) is 77.9 Å². The first-order chi connectivity index (χ1) is 26.1. The average molecular weight is 825 g/mol. The number of benzene rings is 2. The van der Waals surface area contributed by atoms with Crippen molar-refractivity contribution in [1.29, 1.82) is 0 Å². The van der Waals surface area contributed by atoms with Crippen molar-refractivity contribution >= 4 is 85.7 Å². The van der Waals surface area contributed by atoms with Crippen molar-refractivity contribution in [2.45, 2.75) is 79.7 Å². The molecule has 8 aromatic rings.